The van der Waals surface area contributed by atoms with E-state index >= 15 is 0 Å². The number of aliphatic imine (C=N–C) groups is 1. The van der Waals surface area contributed by atoms with Gasteiger partial charge in [0.25, 0.3) is 0 Å². The maximum atomic E-state index is 13.9. The minimum Gasteiger partial charge on any atom is -0.288 e. The molecular formula is C20H20FN3. The summed E-state index contributed by atoms with van der Waals surface area (Å²) in [5.41, 5.74) is 4.23. The van der Waals surface area contributed by atoms with Crippen molar-refractivity contribution in [2.45, 2.75) is 26.3 Å². The fraction of sp³-hybridized carbons (Fsp3) is 0.300. The Morgan fingerprint density at radius 2 is 2.17 bits per heavy atom. The van der Waals surface area contributed by atoms with E-state index in [1.54, 1.807) is 6.08 Å². The number of hydrogen-bond acceptors (Lipinski definition) is 2. The number of fused-ring (bicyclic) bond motifs is 1. The molecule has 4 rings (SSSR count). The number of allylic oxidation sites excluding steroid dienone is 4. The number of dihydropyridines is 1. The average Bonchev–Trinajstić information content (AvgIpc) is 3.08. The van der Waals surface area contributed by atoms with Crippen molar-refractivity contribution in [1.29, 1.82) is 0 Å². The molecule has 4 heteroatoms. The summed E-state index contributed by atoms with van der Waals surface area (Å²) >= 11 is 0. The van der Waals surface area contributed by atoms with Gasteiger partial charge in [-0.25, -0.2) is 4.39 Å². The first-order valence-electron chi connectivity index (χ1n) is 8.35. The largest absolute Gasteiger partial charge is 0.288 e. The number of hydrogen-bond donors (Lipinski definition) is 1. The smallest absolute Gasteiger partial charge is 0.122 e. The summed E-state index contributed by atoms with van der Waals surface area (Å²) in [6.45, 7) is 3.97. The molecule has 1 N–H and O–H groups in total. The van der Waals surface area contributed by atoms with Gasteiger partial charge >= 0.3 is 0 Å². The molecule has 3 nitrogen and oxygen atoms in total. The number of halogens is 1. The molecule has 1 aromatic heterocycles. The van der Waals surface area contributed by atoms with E-state index in [1.807, 2.05) is 25.4 Å². The number of nitrogens with one attached hydrogen (secondary N) is 1. The summed E-state index contributed by atoms with van der Waals surface area (Å²) in [4.78, 5) is 4.78. The van der Waals surface area contributed by atoms with Gasteiger partial charge in [-0.2, -0.15) is 5.10 Å². The molecule has 2 aromatic rings. The summed E-state index contributed by atoms with van der Waals surface area (Å²) in [5, 5.41) is 8.17. The number of nitrogens with zero attached hydrogens (tertiary/aromatic N) is 2. The van der Waals surface area contributed by atoms with E-state index in [1.165, 1.54) is 11.1 Å². The van der Waals surface area contributed by atoms with Crippen molar-refractivity contribution in [3.05, 3.63) is 59.6 Å². The van der Waals surface area contributed by atoms with Crippen molar-refractivity contribution >= 4 is 22.7 Å². The van der Waals surface area contributed by atoms with Crippen LogP contribution in [0.4, 0.5) is 4.39 Å². The highest BCUT2D eigenvalue weighted by Gasteiger charge is 2.32. The first-order chi connectivity index (χ1) is 11.6. The van der Waals surface area contributed by atoms with Gasteiger partial charge in [0.2, 0.25) is 0 Å². The molecule has 0 radical (unpaired) electrons. The first-order valence-corrected chi connectivity index (χ1v) is 8.35. The van der Waals surface area contributed by atoms with E-state index < -0.39 is 0 Å². The molecule has 0 fully saturated rings. The van der Waals surface area contributed by atoms with Crippen molar-refractivity contribution in [2.75, 3.05) is 0 Å². The molecule has 0 saturated carbocycles. The predicted molar refractivity (Wildman–Crippen MR) is 96.6 cm³/mol. The lowest BCUT2D eigenvalue weighted by Gasteiger charge is -2.33. The van der Waals surface area contributed by atoms with Crippen molar-refractivity contribution < 1.29 is 4.39 Å². The van der Waals surface area contributed by atoms with E-state index in [2.05, 4.69) is 41.4 Å². The Balaban J connectivity index is 1.72. The quantitative estimate of drug-likeness (QED) is 0.843. The van der Waals surface area contributed by atoms with E-state index in [-0.39, 0.29) is 23.7 Å². The highest BCUT2D eigenvalue weighted by Crippen LogP contribution is 2.39. The lowest BCUT2D eigenvalue weighted by atomic mass is 9.75. The van der Waals surface area contributed by atoms with Gasteiger partial charge in [0, 0.05) is 23.9 Å². The second-order valence-corrected chi connectivity index (χ2v) is 6.60. The van der Waals surface area contributed by atoms with Crippen LogP contribution in [0.15, 0.2) is 59.0 Å². The molecule has 3 unspecified atom stereocenters. The second kappa shape index (κ2) is 5.86. The maximum Gasteiger partial charge on any atom is 0.122 e. The zero-order valence-corrected chi connectivity index (χ0v) is 13.8. The summed E-state index contributed by atoms with van der Waals surface area (Å²) in [5.74, 6) is 0.201. The molecule has 0 saturated heterocycles. The van der Waals surface area contributed by atoms with Gasteiger partial charge < -0.3 is 0 Å². The maximum absolute atomic E-state index is 13.9. The third kappa shape index (κ3) is 2.42. The van der Waals surface area contributed by atoms with Gasteiger partial charge in [-0.1, -0.05) is 25.1 Å². The third-order valence-corrected chi connectivity index (χ3v) is 5.27. The van der Waals surface area contributed by atoms with Gasteiger partial charge in [0.1, 0.15) is 5.83 Å². The Hall–Kier alpha value is -2.49. The van der Waals surface area contributed by atoms with Crippen LogP contribution in [0.5, 0.6) is 0 Å². The number of benzene rings is 1. The van der Waals surface area contributed by atoms with Crippen molar-refractivity contribution in [2.24, 2.45) is 16.8 Å². The second-order valence-electron chi connectivity index (χ2n) is 6.60. The number of aromatic nitrogens is 2. The third-order valence-electron chi connectivity index (χ3n) is 5.27. The van der Waals surface area contributed by atoms with Gasteiger partial charge in [-0.15, -0.1) is 0 Å². The monoisotopic (exact) mass is 321 g/mol. The van der Waals surface area contributed by atoms with Gasteiger partial charge in [0.05, 0.1) is 17.8 Å². The molecule has 1 aromatic carbocycles. The molecule has 1 aliphatic heterocycles. The Labute approximate surface area is 140 Å². The fourth-order valence-corrected chi connectivity index (χ4v) is 3.65. The van der Waals surface area contributed by atoms with Crippen molar-refractivity contribution in [3.8, 4) is 0 Å². The molecule has 0 amide bonds. The standard InChI is InChI=1S/C20H20FN3/c1-12-13(2)18(21)7-6-16(12)20-17(4-3-9-22-20)14-5-8-19-15(10-14)11-23-24-19/h4-12,16,20H,3H2,1-2H3,(H,23,24). The minimum atomic E-state index is -0.108. The SMILES string of the molecule is CC1=C(F)C=CC(C2N=CCC=C2c2ccc3[nH]ncc3c2)C1C. The van der Waals surface area contributed by atoms with Crippen LogP contribution < -0.4 is 0 Å². The molecular weight excluding hydrogens is 301 g/mol. The van der Waals surface area contributed by atoms with Crippen LogP contribution in [-0.2, 0) is 0 Å². The van der Waals surface area contributed by atoms with E-state index in [0.29, 0.717) is 0 Å². The number of H-pyrrole nitrogens is 1. The highest BCUT2D eigenvalue weighted by atomic mass is 19.1. The zero-order valence-electron chi connectivity index (χ0n) is 13.8. The molecule has 2 heterocycles. The Bertz CT molecular complexity index is 900. The van der Waals surface area contributed by atoms with Crippen LogP contribution in [-0.4, -0.2) is 22.5 Å². The number of aromatic amines is 1. The molecule has 122 valence electrons. The van der Waals surface area contributed by atoms with Crippen molar-refractivity contribution in [3.63, 3.8) is 0 Å². The Morgan fingerprint density at radius 3 is 3.04 bits per heavy atom. The molecule has 3 atom stereocenters. The molecule has 24 heavy (non-hydrogen) atoms. The molecule has 0 bridgehead atoms. The first kappa shape index (κ1) is 15.1. The van der Waals surface area contributed by atoms with Gasteiger partial charge in [-0.05, 0) is 47.8 Å². The normalized spacial score (nSPS) is 27.0. The van der Waals surface area contributed by atoms with Crippen LogP contribution in [0.1, 0.15) is 25.8 Å². The Morgan fingerprint density at radius 1 is 1.29 bits per heavy atom. The summed E-state index contributed by atoms with van der Waals surface area (Å²) in [7, 11) is 0. The average molecular weight is 321 g/mol. The minimum absolute atomic E-state index is 0.0254. The van der Waals surface area contributed by atoms with Gasteiger partial charge in [0.15, 0.2) is 0 Å². The van der Waals surface area contributed by atoms with Crippen LogP contribution in [0.2, 0.25) is 0 Å². The summed E-state index contributed by atoms with van der Waals surface area (Å²) < 4.78 is 13.9. The summed E-state index contributed by atoms with van der Waals surface area (Å²) in [6, 6.07) is 6.34. The topological polar surface area (TPSA) is 41.0 Å². The van der Waals surface area contributed by atoms with Crippen molar-refractivity contribution in [1.82, 2.24) is 10.2 Å². The Kier molecular flexibility index (Phi) is 3.68. The highest BCUT2D eigenvalue weighted by molar-refractivity contribution is 5.86. The molecule has 0 spiro atoms. The van der Waals surface area contributed by atoms with Gasteiger partial charge in [-0.3, -0.25) is 10.1 Å². The van der Waals surface area contributed by atoms with Crippen LogP contribution in [0.25, 0.3) is 16.5 Å². The molecule has 1 aliphatic carbocycles. The number of rotatable bonds is 2. The lowest BCUT2D eigenvalue weighted by molar-refractivity contribution is 0.429. The van der Waals surface area contributed by atoms with Crippen LogP contribution in [0.3, 0.4) is 0 Å². The predicted octanol–water partition coefficient (Wildman–Crippen LogP) is 4.86. The lowest BCUT2D eigenvalue weighted by Crippen LogP contribution is -2.28. The van der Waals surface area contributed by atoms with Crippen LogP contribution in [0, 0.1) is 11.8 Å². The molecule has 2 aliphatic rings. The van der Waals surface area contributed by atoms with Crippen LogP contribution >= 0.6 is 0 Å². The summed E-state index contributed by atoms with van der Waals surface area (Å²) in [6.07, 6.45) is 10.5. The fourth-order valence-electron chi connectivity index (χ4n) is 3.65. The van der Waals surface area contributed by atoms with E-state index in [4.69, 9.17) is 4.99 Å². The van der Waals surface area contributed by atoms with E-state index in [0.717, 1.165) is 22.9 Å². The van der Waals surface area contributed by atoms with E-state index in [9.17, 15) is 4.39 Å². The zero-order chi connectivity index (χ0) is 16.7.